The van der Waals surface area contributed by atoms with E-state index in [1.807, 2.05) is 7.05 Å². The summed E-state index contributed by atoms with van der Waals surface area (Å²) < 4.78 is 1.22. The van der Waals surface area contributed by atoms with Crippen molar-refractivity contribution in [2.24, 2.45) is 0 Å². The fraction of sp³-hybridized carbons (Fsp3) is 0.714. The second kappa shape index (κ2) is 6.17. The molecule has 1 aliphatic rings. The lowest BCUT2D eigenvalue weighted by Crippen LogP contribution is -2.11. The average molecular weight is 359 g/mol. The molecular weight excluding hydrogens is 337 g/mol. The molecule has 0 aliphatic heterocycles. The molecule has 0 spiro atoms. The Morgan fingerprint density at radius 2 is 2.00 bits per heavy atom. The zero-order valence-electron chi connectivity index (χ0n) is 11.5. The molecule has 0 saturated heterocycles. The molecule has 1 aromatic rings. The van der Waals surface area contributed by atoms with Gasteiger partial charge in [-0.15, -0.1) is 0 Å². The molecular formula is C14H22IN3. The first-order valence-electron chi connectivity index (χ1n) is 6.92. The Kier molecular flexibility index (Phi) is 4.81. The monoisotopic (exact) mass is 359 g/mol. The summed E-state index contributed by atoms with van der Waals surface area (Å²) in [7, 11) is 1.95. The summed E-state index contributed by atoms with van der Waals surface area (Å²) in [5, 5.41) is 3.22. The van der Waals surface area contributed by atoms with E-state index in [-0.39, 0.29) is 0 Å². The number of halogens is 1. The topological polar surface area (TPSA) is 37.8 Å². The number of anilines is 1. The third kappa shape index (κ3) is 2.78. The first-order chi connectivity index (χ1) is 8.67. The van der Waals surface area contributed by atoms with Gasteiger partial charge < -0.3 is 5.32 Å². The van der Waals surface area contributed by atoms with E-state index in [2.05, 4.69) is 46.7 Å². The normalized spacial score (nSPS) is 18.0. The Morgan fingerprint density at radius 3 is 2.56 bits per heavy atom. The van der Waals surface area contributed by atoms with Gasteiger partial charge >= 0.3 is 0 Å². The SMILES string of the molecule is CCC(C)c1nc(NC)c(I)c(C2CCCC2)n1. The molecule has 2 rings (SSSR count). The average Bonchev–Trinajstić information content (AvgIpc) is 2.92. The van der Waals surface area contributed by atoms with Crippen molar-refractivity contribution in [2.75, 3.05) is 12.4 Å². The highest BCUT2D eigenvalue weighted by Crippen LogP contribution is 2.37. The smallest absolute Gasteiger partial charge is 0.143 e. The summed E-state index contributed by atoms with van der Waals surface area (Å²) in [6.07, 6.45) is 6.36. The quantitative estimate of drug-likeness (QED) is 0.815. The highest BCUT2D eigenvalue weighted by Gasteiger charge is 2.24. The van der Waals surface area contributed by atoms with Gasteiger partial charge in [-0.3, -0.25) is 0 Å². The third-order valence-corrected chi connectivity index (χ3v) is 4.99. The van der Waals surface area contributed by atoms with Gasteiger partial charge in [0.05, 0.1) is 9.26 Å². The summed E-state index contributed by atoms with van der Waals surface area (Å²) >= 11 is 2.40. The van der Waals surface area contributed by atoms with Crippen LogP contribution in [0.3, 0.4) is 0 Å². The maximum Gasteiger partial charge on any atom is 0.143 e. The molecule has 1 aliphatic carbocycles. The van der Waals surface area contributed by atoms with Crippen LogP contribution in [0, 0.1) is 3.57 Å². The first-order valence-corrected chi connectivity index (χ1v) is 8.00. The molecule has 0 amide bonds. The van der Waals surface area contributed by atoms with Gasteiger partial charge in [0.25, 0.3) is 0 Å². The number of rotatable bonds is 4. The van der Waals surface area contributed by atoms with Crippen molar-refractivity contribution in [3.8, 4) is 0 Å². The number of hydrogen-bond donors (Lipinski definition) is 1. The summed E-state index contributed by atoms with van der Waals surface area (Å²) in [4.78, 5) is 9.54. The number of hydrogen-bond acceptors (Lipinski definition) is 3. The molecule has 0 radical (unpaired) electrons. The van der Waals surface area contributed by atoms with Crippen LogP contribution in [0.5, 0.6) is 0 Å². The fourth-order valence-corrected chi connectivity index (χ4v) is 3.47. The second-order valence-corrected chi connectivity index (χ2v) is 6.25. The summed E-state index contributed by atoms with van der Waals surface area (Å²) in [6, 6.07) is 0. The molecule has 1 heterocycles. The van der Waals surface area contributed by atoms with Crippen LogP contribution in [0.15, 0.2) is 0 Å². The van der Waals surface area contributed by atoms with Crippen molar-refractivity contribution in [2.45, 2.75) is 57.8 Å². The Hall–Kier alpha value is -0.390. The molecule has 18 heavy (non-hydrogen) atoms. The van der Waals surface area contributed by atoms with E-state index in [1.54, 1.807) is 0 Å². The number of aromatic nitrogens is 2. The van der Waals surface area contributed by atoms with Crippen molar-refractivity contribution in [1.82, 2.24) is 9.97 Å². The third-order valence-electron chi connectivity index (χ3n) is 3.93. The van der Waals surface area contributed by atoms with E-state index in [0.29, 0.717) is 11.8 Å². The van der Waals surface area contributed by atoms with Crippen LogP contribution < -0.4 is 5.32 Å². The Morgan fingerprint density at radius 1 is 1.33 bits per heavy atom. The van der Waals surface area contributed by atoms with E-state index in [4.69, 9.17) is 4.98 Å². The van der Waals surface area contributed by atoms with Crippen LogP contribution in [-0.2, 0) is 0 Å². The summed E-state index contributed by atoms with van der Waals surface area (Å²) in [5.74, 6) is 3.09. The predicted molar refractivity (Wildman–Crippen MR) is 84.2 cm³/mol. The van der Waals surface area contributed by atoms with E-state index < -0.39 is 0 Å². The Balaban J connectivity index is 2.42. The molecule has 4 heteroatoms. The molecule has 1 atom stereocenters. The van der Waals surface area contributed by atoms with Crippen LogP contribution in [0.1, 0.15) is 69.3 Å². The lowest BCUT2D eigenvalue weighted by molar-refractivity contribution is 0.637. The van der Waals surface area contributed by atoms with Gasteiger partial charge in [-0.1, -0.05) is 26.7 Å². The van der Waals surface area contributed by atoms with Crippen molar-refractivity contribution >= 4 is 28.4 Å². The maximum atomic E-state index is 4.88. The fourth-order valence-electron chi connectivity index (χ4n) is 2.52. The molecule has 1 fully saturated rings. The van der Waals surface area contributed by atoms with Gasteiger partial charge in [-0.2, -0.15) is 0 Å². The van der Waals surface area contributed by atoms with Crippen LogP contribution in [-0.4, -0.2) is 17.0 Å². The van der Waals surface area contributed by atoms with Crippen molar-refractivity contribution < 1.29 is 0 Å². The van der Waals surface area contributed by atoms with Gasteiger partial charge in [-0.25, -0.2) is 9.97 Å². The highest BCUT2D eigenvalue weighted by atomic mass is 127. The molecule has 1 N–H and O–H groups in total. The minimum atomic E-state index is 0.439. The molecule has 0 bridgehead atoms. The summed E-state index contributed by atoms with van der Waals surface area (Å²) in [5.41, 5.74) is 1.28. The Labute approximate surface area is 123 Å². The van der Waals surface area contributed by atoms with Crippen LogP contribution in [0.25, 0.3) is 0 Å². The largest absolute Gasteiger partial charge is 0.372 e. The molecule has 1 aromatic heterocycles. The minimum Gasteiger partial charge on any atom is -0.372 e. The number of nitrogens with zero attached hydrogens (tertiary/aromatic N) is 2. The standard InChI is InChI=1S/C14H22IN3/c1-4-9(2)13-17-12(10-7-5-6-8-10)11(15)14(16-3)18-13/h9-10H,4-8H2,1-3H3,(H,16,17,18). The maximum absolute atomic E-state index is 4.88. The predicted octanol–water partition coefficient (Wildman–Crippen LogP) is 4.29. The minimum absolute atomic E-state index is 0.439. The molecule has 100 valence electrons. The van der Waals surface area contributed by atoms with Gasteiger partial charge in [0.1, 0.15) is 11.6 Å². The van der Waals surface area contributed by atoms with Crippen LogP contribution in [0.2, 0.25) is 0 Å². The Bertz CT molecular complexity index is 414. The van der Waals surface area contributed by atoms with Gasteiger partial charge in [-0.05, 0) is 41.9 Å². The van der Waals surface area contributed by atoms with E-state index in [1.165, 1.54) is 34.9 Å². The lowest BCUT2D eigenvalue weighted by Gasteiger charge is -2.17. The molecule has 0 aromatic carbocycles. The van der Waals surface area contributed by atoms with Crippen molar-refractivity contribution in [3.05, 3.63) is 15.1 Å². The van der Waals surface area contributed by atoms with E-state index in [0.717, 1.165) is 18.1 Å². The van der Waals surface area contributed by atoms with E-state index >= 15 is 0 Å². The summed E-state index contributed by atoms with van der Waals surface area (Å²) in [6.45, 7) is 4.40. The highest BCUT2D eigenvalue weighted by molar-refractivity contribution is 14.1. The van der Waals surface area contributed by atoms with Crippen molar-refractivity contribution in [3.63, 3.8) is 0 Å². The van der Waals surface area contributed by atoms with Gasteiger partial charge in [0.15, 0.2) is 0 Å². The molecule has 3 nitrogen and oxygen atoms in total. The van der Waals surface area contributed by atoms with Gasteiger partial charge in [0.2, 0.25) is 0 Å². The first kappa shape index (κ1) is 14.0. The number of nitrogens with one attached hydrogen (secondary N) is 1. The van der Waals surface area contributed by atoms with Crippen LogP contribution in [0.4, 0.5) is 5.82 Å². The molecule has 1 saturated carbocycles. The van der Waals surface area contributed by atoms with E-state index in [9.17, 15) is 0 Å². The van der Waals surface area contributed by atoms with Crippen LogP contribution >= 0.6 is 22.6 Å². The zero-order chi connectivity index (χ0) is 13.1. The molecule has 1 unspecified atom stereocenters. The van der Waals surface area contributed by atoms with Crippen molar-refractivity contribution in [1.29, 1.82) is 0 Å². The second-order valence-electron chi connectivity index (χ2n) is 5.17. The lowest BCUT2D eigenvalue weighted by atomic mass is 10.0. The zero-order valence-corrected chi connectivity index (χ0v) is 13.6. The van der Waals surface area contributed by atoms with Gasteiger partial charge in [0, 0.05) is 18.9 Å².